The number of ether oxygens (including phenoxy) is 1. The number of aromatic hydroxyl groups is 1. The van der Waals surface area contributed by atoms with Crippen LogP contribution in [0.1, 0.15) is 35.2 Å². The van der Waals surface area contributed by atoms with Gasteiger partial charge in [-0.05, 0) is 53.8 Å². The van der Waals surface area contributed by atoms with Crippen LogP contribution in [-0.2, 0) is 20.7 Å². The van der Waals surface area contributed by atoms with E-state index < -0.39 is 17.5 Å². The molecular formula is C27H26N2O5. The molecule has 3 aromatic rings. The third kappa shape index (κ3) is 4.03. The Morgan fingerprint density at radius 1 is 1.09 bits per heavy atom. The first-order valence-electron chi connectivity index (χ1n) is 11.5. The predicted octanol–water partition coefficient (Wildman–Crippen LogP) is 2.89. The molecule has 1 saturated carbocycles. The van der Waals surface area contributed by atoms with Crippen molar-refractivity contribution >= 4 is 28.4 Å². The van der Waals surface area contributed by atoms with E-state index in [2.05, 4.69) is 10.6 Å². The van der Waals surface area contributed by atoms with Crippen LogP contribution in [-0.4, -0.2) is 47.0 Å². The zero-order chi connectivity index (χ0) is 23.7. The van der Waals surface area contributed by atoms with E-state index in [1.165, 1.54) is 0 Å². The topological polar surface area (TPSA) is 105 Å². The van der Waals surface area contributed by atoms with Crippen LogP contribution in [0.5, 0.6) is 5.75 Å². The van der Waals surface area contributed by atoms with E-state index in [1.54, 1.807) is 36.4 Å². The minimum absolute atomic E-state index is 0.00939. The van der Waals surface area contributed by atoms with Crippen molar-refractivity contribution in [2.75, 3.05) is 6.61 Å². The summed E-state index contributed by atoms with van der Waals surface area (Å²) in [5.74, 6) is -0.875. The predicted molar refractivity (Wildman–Crippen MR) is 126 cm³/mol. The molecule has 1 heterocycles. The van der Waals surface area contributed by atoms with Gasteiger partial charge < -0.3 is 20.5 Å². The molecule has 1 saturated heterocycles. The molecule has 1 aliphatic carbocycles. The highest BCUT2D eigenvalue weighted by Crippen LogP contribution is 2.38. The first-order valence-corrected chi connectivity index (χ1v) is 11.5. The maximum Gasteiger partial charge on any atom is 0.252 e. The van der Waals surface area contributed by atoms with E-state index in [4.69, 9.17) is 4.74 Å². The van der Waals surface area contributed by atoms with Crippen LogP contribution in [0, 0.1) is 0 Å². The molecule has 2 fully saturated rings. The monoisotopic (exact) mass is 458 g/mol. The van der Waals surface area contributed by atoms with Gasteiger partial charge in [-0.3, -0.25) is 14.4 Å². The summed E-state index contributed by atoms with van der Waals surface area (Å²) in [4.78, 5) is 39.5. The normalized spacial score (nSPS) is 22.4. The third-order valence-corrected chi connectivity index (χ3v) is 6.85. The molecule has 3 atom stereocenters. The SMILES string of the molecule is O=C(NC(Cc1cccc(O)c1)C(=O)NC12CCCC1OCC2=O)c1cccc2ccccc12. The maximum atomic E-state index is 13.5. The first kappa shape index (κ1) is 22.1. The average molecular weight is 459 g/mol. The molecule has 2 amide bonds. The second-order valence-electron chi connectivity index (χ2n) is 9.00. The van der Waals surface area contributed by atoms with Gasteiger partial charge in [-0.1, -0.05) is 48.5 Å². The van der Waals surface area contributed by atoms with Crippen LogP contribution in [0.3, 0.4) is 0 Å². The van der Waals surface area contributed by atoms with Crippen molar-refractivity contribution in [3.8, 4) is 5.75 Å². The van der Waals surface area contributed by atoms with E-state index in [1.807, 2.05) is 30.3 Å². The third-order valence-electron chi connectivity index (χ3n) is 6.85. The number of amides is 2. The number of rotatable bonds is 6. The number of phenols is 1. The molecule has 34 heavy (non-hydrogen) atoms. The molecule has 1 aliphatic heterocycles. The number of hydrogen-bond donors (Lipinski definition) is 3. The first-order chi connectivity index (χ1) is 16.5. The Morgan fingerprint density at radius 2 is 1.88 bits per heavy atom. The zero-order valence-electron chi connectivity index (χ0n) is 18.6. The van der Waals surface area contributed by atoms with Gasteiger partial charge in [0, 0.05) is 12.0 Å². The lowest BCUT2D eigenvalue weighted by Crippen LogP contribution is -2.60. The van der Waals surface area contributed by atoms with Crippen LogP contribution in [0.15, 0.2) is 66.7 Å². The molecule has 174 valence electrons. The van der Waals surface area contributed by atoms with E-state index in [0.717, 1.165) is 17.2 Å². The van der Waals surface area contributed by atoms with Gasteiger partial charge in [-0.15, -0.1) is 0 Å². The molecule has 2 aliphatic rings. The van der Waals surface area contributed by atoms with Crippen LogP contribution in [0.4, 0.5) is 0 Å². The lowest BCUT2D eigenvalue weighted by Gasteiger charge is -2.30. The lowest BCUT2D eigenvalue weighted by molar-refractivity contribution is -0.131. The fraction of sp³-hybridized carbons (Fsp3) is 0.296. The Bertz CT molecular complexity index is 1270. The summed E-state index contributed by atoms with van der Waals surface area (Å²) in [7, 11) is 0. The molecule has 7 nitrogen and oxygen atoms in total. The lowest BCUT2D eigenvalue weighted by atomic mass is 9.91. The van der Waals surface area contributed by atoms with Crippen LogP contribution < -0.4 is 10.6 Å². The standard InChI is InChI=1S/C27H26N2O5/c30-19-9-3-6-17(14-19)15-22(26(33)29-27-13-5-12-24(27)34-16-23(27)31)28-25(32)21-11-4-8-18-7-1-2-10-20(18)21/h1-4,6-11,14,22,24,30H,5,12-13,15-16H2,(H,28,32)(H,29,33). The van der Waals surface area contributed by atoms with E-state index in [-0.39, 0.29) is 36.6 Å². The number of carbonyl (C=O) groups excluding carboxylic acids is 3. The van der Waals surface area contributed by atoms with Gasteiger partial charge in [0.15, 0.2) is 5.78 Å². The Hall–Kier alpha value is -3.71. The molecular weight excluding hydrogens is 432 g/mol. The maximum absolute atomic E-state index is 13.5. The second kappa shape index (κ2) is 8.91. The van der Waals surface area contributed by atoms with E-state index in [9.17, 15) is 19.5 Å². The summed E-state index contributed by atoms with van der Waals surface area (Å²) in [6, 6.07) is 18.6. The highest BCUT2D eigenvalue weighted by Gasteiger charge is 2.55. The number of ketones is 1. The van der Waals surface area contributed by atoms with Gasteiger partial charge in [0.2, 0.25) is 5.91 Å². The van der Waals surface area contributed by atoms with Crippen LogP contribution >= 0.6 is 0 Å². The van der Waals surface area contributed by atoms with Gasteiger partial charge in [-0.2, -0.15) is 0 Å². The quantitative estimate of drug-likeness (QED) is 0.527. The number of carbonyl (C=O) groups is 3. The smallest absolute Gasteiger partial charge is 0.252 e. The zero-order valence-corrected chi connectivity index (χ0v) is 18.6. The van der Waals surface area contributed by atoms with Gasteiger partial charge in [0.05, 0.1) is 6.10 Å². The molecule has 0 radical (unpaired) electrons. The Kier molecular flexibility index (Phi) is 5.79. The molecule has 0 spiro atoms. The Balaban J connectivity index is 1.44. The second-order valence-corrected chi connectivity index (χ2v) is 9.00. The van der Waals surface area contributed by atoms with Crippen molar-refractivity contribution in [1.82, 2.24) is 10.6 Å². The van der Waals surface area contributed by atoms with E-state index in [0.29, 0.717) is 24.0 Å². The molecule has 5 rings (SSSR count). The molecule has 7 heteroatoms. The van der Waals surface area contributed by atoms with Crippen molar-refractivity contribution in [2.24, 2.45) is 0 Å². The molecule has 0 aromatic heterocycles. The minimum atomic E-state index is -1.03. The highest BCUT2D eigenvalue weighted by molar-refractivity contribution is 6.08. The molecule has 3 N–H and O–H groups in total. The van der Waals surface area contributed by atoms with Crippen molar-refractivity contribution < 1.29 is 24.2 Å². The summed E-state index contributed by atoms with van der Waals surface area (Å²) in [6.07, 6.45) is 1.85. The van der Waals surface area contributed by atoms with Crippen molar-refractivity contribution in [2.45, 2.75) is 43.4 Å². The molecule has 3 aromatic carbocycles. The summed E-state index contributed by atoms with van der Waals surface area (Å²) in [6.45, 7) is -0.00939. The van der Waals surface area contributed by atoms with Crippen molar-refractivity contribution in [3.63, 3.8) is 0 Å². The largest absolute Gasteiger partial charge is 0.508 e. The summed E-state index contributed by atoms with van der Waals surface area (Å²) in [5, 5.41) is 17.4. The van der Waals surface area contributed by atoms with E-state index >= 15 is 0 Å². The summed E-state index contributed by atoms with van der Waals surface area (Å²) < 4.78 is 5.62. The van der Waals surface area contributed by atoms with Gasteiger partial charge in [0.1, 0.15) is 23.9 Å². The summed E-state index contributed by atoms with van der Waals surface area (Å²) >= 11 is 0. The summed E-state index contributed by atoms with van der Waals surface area (Å²) in [5.41, 5.74) is 0.120. The number of Topliss-reactive ketones (excluding diaryl/α,β-unsaturated/α-hetero) is 1. The average Bonchev–Trinajstić information content (AvgIpc) is 3.37. The number of hydrogen-bond acceptors (Lipinski definition) is 5. The fourth-order valence-electron chi connectivity index (χ4n) is 5.13. The molecule has 0 bridgehead atoms. The van der Waals surface area contributed by atoms with Crippen molar-refractivity contribution in [1.29, 1.82) is 0 Å². The highest BCUT2D eigenvalue weighted by atomic mass is 16.5. The minimum Gasteiger partial charge on any atom is -0.508 e. The number of nitrogens with one attached hydrogen (secondary N) is 2. The van der Waals surface area contributed by atoms with Crippen LogP contribution in [0.25, 0.3) is 10.8 Å². The van der Waals surface area contributed by atoms with Gasteiger partial charge >= 0.3 is 0 Å². The van der Waals surface area contributed by atoms with Crippen molar-refractivity contribution in [3.05, 3.63) is 77.9 Å². The van der Waals surface area contributed by atoms with Gasteiger partial charge in [0.25, 0.3) is 5.91 Å². The van der Waals surface area contributed by atoms with Gasteiger partial charge in [-0.25, -0.2) is 0 Å². The Morgan fingerprint density at radius 3 is 2.74 bits per heavy atom. The molecule has 3 unspecified atom stereocenters. The number of phenolic OH excluding ortho intramolecular Hbond substituents is 1. The fourth-order valence-corrected chi connectivity index (χ4v) is 5.13. The number of fused-ring (bicyclic) bond motifs is 2. The Labute approximate surface area is 197 Å². The van der Waals surface area contributed by atoms with Crippen LogP contribution in [0.2, 0.25) is 0 Å². The number of benzene rings is 3.